The summed E-state index contributed by atoms with van der Waals surface area (Å²) in [7, 11) is 2.05. The van der Waals surface area contributed by atoms with Gasteiger partial charge in [0, 0.05) is 22.2 Å². The van der Waals surface area contributed by atoms with Crippen LogP contribution in [0.25, 0.3) is 0 Å². The van der Waals surface area contributed by atoms with Crippen LogP contribution in [0.4, 0.5) is 5.69 Å². The van der Waals surface area contributed by atoms with E-state index in [0.717, 1.165) is 19.0 Å². The van der Waals surface area contributed by atoms with E-state index in [9.17, 15) is 0 Å². The van der Waals surface area contributed by atoms with Crippen molar-refractivity contribution in [2.45, 2.75) is 39.2 Å². The first-order valence-corrected chi connectivity index (χ1v) is 7.92. The van der Waals surface area contributed by atoms with Crippen LogP contribution in [-0.2, 0) is 0 Å². The van der Waals surface area contributed by atoms with Gasteiger partial charge in [-0.05, 0) is 76.9 Å². The third kappa shape index (κ3) is 3.32. The predicted octanol–water partition coefficient (Wildman–Crippen LogP) is 3.97. The Morgan fingerprint density at radius 2 is 2.16 bits per heavy atom. The molecule has 0 spiro atoms. The van der Waals surface area contributed by atoms with Crippen molar-refractivity contribution in [3.05, 3.63) is 28.2 Å². The molecule has 1 aromatic rings. The Kier molecular flexibility index (Phi) is 4.57. The zero-order valence-corrected chi connectivity index (χ0v) is 14.0. The molecule has 1 aliphatic heterocycles. The van der Waals surface area contributed by atoms with Gasteiger partial charge in [-0.2, -0.15) is 0 Å². The SMILES string of the molecule is CNCC1CCC(C)(C)N(c2ccc(Br)c(C)c2)C1. The highest BCUT2D eigenvalue weighted by molar-refractivity contribution is 9.10. The molecular formula is C16H25BrN2. The minimum Gasteiger partial charge on any atom is -0.366 e. The van der Waals surface area contributed by atoms with E-state index in [1.54, 1.807) is 0 Å². The van der Waals surface area contributed by atoms with Crippen LogP contribution < -0.4 is 10.2 Å². The molecule has 3 heteroatoms. The maximum Gasteiger partial charge on any atom is 0.0374 e. The summed E-state index contributed by atoms with van der Waals surface area (Å²) < 4.78 is 1.19. The molecule has 1 atom stereocenters. The van der Waals surface area contributed by atoms with Gasteiger partial charge in [0.2, 0.25) is 0 Å². The van der Waals surface area contributed by atoms with E-state index in [2.05, 4.69) is 65.1 Å². The molecule has 1 N–H and O–H groups in total. The third-order valence-corrected chi connectivity index (χ3v) is 5.17. The maximum absolute atomic E-state index is 3.59. The van der Waals surface area contributed by atoms with Gasteiger partial charge < -0.3 is 10.2 Å². The van der Waals surface area contributed by atoms with Crippen LogP contribution >= 0.6 is 15.9 Å². The van der Waals surface area contributed by atoms with Gasteiger partial charge in [0.05, 0.1) is 0 Å². The van der Waals surface area contributed by atoms with Crippen molar-refractivity contribution in [1.82, 2.24) is 5.32 Å². The number of rotatable bonds is 3. The number of aryl methyl sites for hydroxylation is 1. The molecule has 1 fully saturated rings. The smallest absolute Gasteiger partial charge is 0.0374 e. The van der Waals surface area contributed by atoms with Gasteiger partial charge >= 0.3 is 0 Å². The molecule has 0 radical (unpaired) electrons. The maximum atomic E-state index is 3.59. The van der Waals surface area contributed by atoms with Gasteiger partial charge in [0.15, 0.2) is 0 Å². The minimum absolute atomic E-state index is 0.254. The number of halogens is 1. The first-order chi connectivity index (χ1) is 8.94. The van der Waals surface area contributed by atoms with E-state index in [0.29, 0.717) is 0 Å². The summed E-state index contributed by atoms with van der Waals surface area (Å²) in [4.78, 5) is 2.58. The van der Waals surface area contributed by atoms with Gasteiger partial charge in [0.1, 0.15) is 0 Å². The van der Waals surface area contributed by atoms with Crippen LogP contribution in [0.5, 0.6) is 0 Å². The standard InChI is InChI=1S/C16H25BrN2/c1-12-9-14(5-6-15(12)17)19-11-13(10-18-4)7-8-16(19,2)3/h5-6,9,13,18H,7-8,10-11H2,1-4H3. The van der Waals surface area contributed by atoms with E-state index in [-0.39, 0.29) is 5.54 Å². The van der Waals surface area contributed by atoms with Crippen LogP contribution in [-0.4, -0.2) is 25.7 Å². The van der Waals surface area contributed by atoms with Crippen molar-refractivity contribution >= 4 is 21.6 Å². The van der Waals surface area contributed by atoms with Gasteiger partial charge in [-0.25, -0.2) is 0 Å². The largest absolute Gasteiger partial charge is 0.366 e. The van der Waals surface area contributed by atoms with Crippen molar-refractivity contribution in [2.75, 3.05) is 25.0 Å². The topological polar surface area (TPSA) is 15.3 Å². The van der Waals surface area contributed by atoms with Crippen LogP contribution in [0.1, 0.15) is 32.3 Å². The molecule has 19 heavy (non-hydrogen) atoms. The monoisotopic (exact) mass is 324 g/mol. The quantitative estimate of drug-likeness (QED) is 0.904. The number of anilines is 1. The van der Waals surface area contributed by atoms with Crippen LogP contribution in [0.15, 0.2) is 22.7 Å². The second-order valence-electron chi connectivity index (χ2n) is 6.32. The van der Waals surface area contributed by atoms with Gasteiger partial charge in [-0.15, -0.1) is 0 Å². The summed E-state index contributed by atoms with van der Waals surface area (Å²) in [5, 5.41) is 3.32. The number of hydrogen-bond donors (Lipinski definition) is 1. The number of benzene rings is 1. The molecule has 1 heterocycles. The lowest BCUT2D eigenvalue weighted by Crippen LogP contribution is -2.52. The Balaban J connectivity index is 2.25. The Hall–Kier alpha value is -0.540. The third-order valence-electron chi connectivity index (χ3n) is 4.28. The van der Waals surface area contributed by atoms with Crippen molar-refractivity contribution in [1.29, 1.82) is 0 Å². The highest BCUT2D eigenvalue weighted by Crippen LogP contribution is 2.35. The van der Waals surface area contributed by atoms with Crippen LogP contribution in [0.3, 0.4) is 0 Å². The van der Waals surface area contributed by atoms with Gasteiger partial charge in [-0.3, -0.25) is 0 Å². The number of nitrogens with one attached hydrogen (secondary N) is 1. The number of piperidine rings is 1. The molecule has 106 valence electrons. The normalized spacial score (nSPS) is 22.6. The molecule has 2 nitrogen and oxygen atoms in total. The Bertz CT molecular complexity index is 442. The molecule has 0 amide bonds. The zero-order chi connectivity index (χ0) is 14.0. The fourth-order valence-electron chi connectivity index (χ4n) is 3.00. The average Bonchev–Trinajstić information content (AvgIpc) is 2.35. The van der Waals surface area contributed by atoms with E-state index >= 15 is 0 Å². The molecule has 1 saturated heterocycles. The van der Waals surface area contributed by atoms with E-state index in [1.807, 2.05) is 7.05 Å². The summed E-state index contributed by atoms with van der Waals surface area (Å²) in [5.41, 5.74) is 2.92. The lowest BCUT2D eigenvalue weighted by Gasteiger charge is -2.47. The molecule has 0 aliphatic carbocycles. The van der Waals surface area contributed by atoms with Crippen molar-refractivity contribution in [3.8, 4) is 0 Å². The first kappa shape index (κ1) is 14.9. The zero-order valence-electron chi connectivity index (χ0n) is 12.5. The summed E-state index contributed by atoms with van der Waals surface area (Å²) in [6.45, 7) is 9.15. The Morgan fingerprint density at radius 3 is 2.79 bits per heavy atom. The Morgan fingerprint density at radius 1 is 1.42 bits per heavy atom. The minimum atomic E-state index is 0.254. The second-order valence-corrected chi connectivity index (χ2v) is 7.17. The van der Waals surface area contributed by atoms with Gasteiger partial charge in [0.25, 0.3) is 0 Å². The lowest BCUT2D eigenvalue weighted by atomic mass is 9.84. The molecule has 0 aromatic heterocycles. The second kappa shape index (κ2) is 5.84. The molecular weight excluding hydrogens is 300 g/mol. The lowest BCUT2D eigenvalue weighted by molar-refractivity contribution is 0.287. The summed E-state index contributed by atoms with van der Waals surface area (Å²) >= 11 is 3.59. The van der Waals surface area contributed by atoms with E-state index in [1.165, 1.54) is 28.6 Å². The summed E-state index contributed by atoms with van der Waals surface area (Å²) in [5.74, 6) is 0.752. The predicted molar refractivity (Wildman–Crippen MR) is 87.0 cm³/mol. The van der Waals surface area contributed by atoms with Gasteiger partial charge in [-0.1, -0.05) is 15.9 Å². The highest BCUT2D eigenvalue weighted by atomic mass is 79.9. The van der Waals surface area contributed by atoms with E-state index < -0.39 is 0 Å². The fourth-order valence-corrected chi connectivity index (χ4v) is 3.24. The Labute approximate surface area is 125 Å². The van der Waals surface area contributed by atoms with Crippen LogP contribution in [0.2, 0.25) is 0 Å². The first-order valence-electron chi connectivity index (χ1n) is 7.12. The molecule has 1 aromatic carbocycles. The molecule has 1 aliphatic rings. The van der Waals surface area contributed by atoms with Crippen molar-refractivity contribution < 1.29 is 0 Å². The summed E-state index contributed by atoms with van der Waals surface area (Å²) in [6, 6.07) is 6.70. The molecule has 2 rings (SSSR count). The highest BCUT2D eigenvalue weighted by Gasteiger charge is 2.34. The summed E-state index contributed by atoms with van der Waals surface area (Å²) in [6.07, 6.45) is 2.58. The van der Waals surface area contributed by atoms with Crippen LogP contribution in [0, 0.1) is 12.8 Å². The number of nitrogens with zero attached hydrogens (tertiary/aromatic N) is 1. The number of hydrogen-bond acceptors (Lipinski definition) is 2. The van der Waals surface area contributed by atoms with Crippen molar-refractivity contribution in [3.63, 3.8) is 0 Å². The molecule has 0 saturated carbocycles. The van der Waals surface area contributed by atoms with Crippen molar-refractivity contribution in [2.24, 2.45) is 5.92 Å². The fraction of sp³-hybridized carbons (Fsp3) is 0.625. The molecule has 0 bridgehead atoms. The average molecular weight is 325 g/mol. The van der Waals surface area contributed by atoms with E-state index in [4.69, 9.17) is 0 Å². The molecule has 1 unspecified atom stereocenters.